The van der Waals surface area contributed by atoms with Crippen molar-refractivity contribution < 1.29 is 5.11 Å². The van der Waals surface area contributed by atoms with Crippen molar-refractivity contribution in [3.8, 4) is 0 Å². The fourth-order valence-electron chi connectivity index (χ4n) is 2.43. The van der Waals surface area contributed by atoms with Crippen LogP contribution in [0, 0.1) is 0 Å². The molecule has 1 fully saturated rings. The van der Waals surface area contributed by atoms with Crippen LogP contribution in [0.3, 0.4) is 0 Å². The van der Waals surface area contributed by atoms with Gasteiger partial charge < -0.3 is 10.0 Å². The zero-order chi connectivity index (χ0) is 12.7. The molecule has 1 saturated heterocycles. The lowest BCUT2D eigenvalue weighted by molar-refractivity contribution is 0.141. The summed E-state index contributed by atoms with van der Waals surface area (Å²) in [6.07, 6.45) is 5.42. The first-order chi connectivity index (χ1) is 8.66. The van der Waals surface area contributed by atoms with Crippen LogP contribution < -0.4 is 4.90 Å². The molecule has 2 aromatic heterocycles. The molecular formula is C14H17N3O. The Morgan fingerprint density at radius 2 is 2.06 bits per heavy atom. The van der Waals surface area contributed by atoms with Crippen LogP contribution in [0.2, 0.25) is 0 Å². The number of aliphatic hydroxyl groups excluding tert-OH is 1. The molecule has 0 saturated carbocycles. The first kappa shape index (κ1) is 11.4. The van der Waals surface area contributed by atoms with E-state index < -0.39 is 0 Å². The monoisotopic (exact) mass is 243 g/mol. The van der Waals surface area contributed by atoms with Crippen LogP contribution >= 0.6 is 0 Å². The predicted octanol–water partition coefficient (Wildman–Crippen LogP) is 1.93. The SMILES string of the molecule is CC(C)c1cnc(N2CC(O)C2)c2cnccc12. The normalized spacial score (nSPS) is 16.3. The van der Waals surface area contributed by atoms with E-state index in [9.17, 15) is 5.11 Å². The molecule has 0 aliphatic carbocycles. The van der Waals surface area contributed by atoms with Crippen molar-refractivity contribution in [1.82, 2.24) is 9.97 Å². The maximum Gasteiger partial charge on any atom is 0.138 e. The van der Waals surface area contributed by atoms with Crippen LogP contribution in [-0.2, 0) is 0 Å². The number of aromatic nitrogens is 2. The number of aliphatic hydroxyl groups is 1. The second-order valence-corrected chi connectivity index (χ2v) is 5.17. The van der Waals surface area contributed by atoms with Crippen molar-refractivity contribution >= 4 is 16.6 Å². The van der Waals surface area contributed by atoms with Crippen LogP contribution in [0.25, 0.3) is 10.8 Å². The van der Waals surface area contributed by atoms with Gasteiger partial charge >= 0.3 is 0 Å². The second-order valence-electron chi connectivity index (χ2n) is 5.17. The molecule has 18 heavy (non-hydrogen) atoms. The van der Waals surface area contributed by atoms with Gasteiger partial charge in [0.1, 0.15) is 5.82 Å². The highest BCUT2D eigenvalue weighted by atomic mass is 16.3. The zero-order valence-electron chi connectivity index (χ0n) is 10.7. The predicted molar refractivity (Wildman–Crippen MR) is 71.8 cm³/mol. The Bertz CT molecular complexity index is 576. The summed E-state index contributed by atoms with van der Waals surface area (Å²) in [4.78, 5) is 10.9. The lowest BCUT2D eigenvalue weighted by Crippen LogP contribution is -2.51. The van der Waals surface area contributed by atoms with Gasteiger partial charge in [0.25, 0.3) is 0 Å². The lowest BCUT2D eigenvalue weighted by atomic mass is 9.99. The summed E-state index contributed by atoms with van der Waals surface area (Å²) >= 11 is 0. The Kier molecular flexibility index (Phi) is 2.67. The Labute approximate surface area is 106 Å². The molecule has 0 atom stereocenters. The highest BCUT2D eigenvalue weighted by Crippen LogP contribution is 2.31. The van der Waals surface area contributed by atoms with E-state index in [0.717, 1.165) is 11.2 Å². The summed E-state index contributed by atoms with van der Waals surface area (Å²) in [5.41, 5.74) is 1.25. The number of anilines is 1. The van der Waals surface area contributed by atoms with Crippen molar-refractivity contribution in [2.24, 2.45) is 0 Å². The van der Waals surface area contributed by atoms with Gasteiger partial charge in [-0.25, -0.2) is 4.98 Å². The van der Waals surface area contributed by atoms with E-state index in [1.165, 1.54) is 10.9 Å². The van der Waals surface area contributed by atoms with E-state index in [2.05, 4.69) is 28.7 Å². The van der Waals surface area contributed by atoms with Gasteiger partial charge in [-0.05, 0) is 22.9 Å². The molecule has 3 heterocycles. The maximum atomic E-state index is 9.41. The van der Waals surface area contributed by atoms with Crippen LogP contribution in [0.1, 0.15) is 25.3 Å². The zero-order valence-corrected chi connectivity index (χ0v) is 10.7. The highest BCUT2D eigenvalue weighted by molar-refractivity contribution is 5.94. The highest BCUT2D eigenvalue weighted by Gasteiger charge is 2.27. The van der Waals surface area contributed by atoms with E-state index in [1.54, 1.807) is 0 Å². The number of hydrogen-bond acceptors (Lipinski definition) is 4. The number of hydrogen-bond donors (Lipinski definition) is 1. The average molecular weight is 243 g/mol. The summed E-state index contributed by atoms with van der Waals surface area (Å²) in [6.45, 7) is 5.67. The van der Waals surface area contributed by atoms with Crippen LogP contribution in [-0.4, -0.2) is 34.3 Å². The summed E-state index contributed by atoms with van der Waals surface area (Å²) in [7, 11) is 0. The molecule has 0 amide bonds. The van der Waals surface area contributed by atoms with Crippen molar-refractivity contribution in [1.29, 1.82) is 0 Å². The lowest BCUT2D eigenvalue weighted by Gasteiger charge is -2.37. The van der Waals surface area contributed by atoms with Gasteiger partial charge in [-0.1, -0.05) is 13.8 Å². The molecule has 1 aliphatic rings. The molecule has 94 valence electrons. The van der Waals surface area contributed by atoms with Gasteiger partial charge in [0.15, 0.2) is 0 Å². The quantitative estimate of drug-likeness (QED) is 0.875. The molecule has 1 aliphatic heterocycles. The van der Waals surface area contributed by atoms with Crippen molar-refractivity contribution in [3.05, 3.63) is 30.2 Å². The van der Waals surface area contributed by atoms with Gasteiger partial charge in [-0.15, -0.1) is 0 Å². The Morgan fingerprint density at radius 3 is 2.72 bits per heavy atom. The Morgan fingerprint density at radius 1 is 1.28 bits per heavy atom. The molecule has 0 radical (unpaired) electrons. The van der Waals surface area contributed by atoms with Gasteiger partial charge in [-0.3, -0.25) is 4.98 Å². The van der Waals surface area contributed by atoms with Gasteiger partial charge in [-0.2, -0.15) is 0 Å². The van der Waals surface area contributed by atoms with E-state index in [0.29, 0.717) is 19.0 Å². The molecular weight excluding hydrogens is 226 g/mol. The maximum absolute atomic E-state index is 9.41. The van der Waals surface area contributed by atoms with E-state index in [4.69, 9.17) is 0 Å². The van der Waals surface area contributed by atoms with Gasteiger partial charge in [0.2, 0.25) is 0 Å². The minimum absolute atomic E-state index is 0.219. The molecule has 3 rings (SSSR count). The smallest absolute Gasteiger partial charge is 0.138 e. The van der Waals surface area contributed by atoms with Crippen molar-refractivity contribution in [2.45, 2.75) is 25.9 Å². The minimum atomic E-state index is -0.219. The van der Waals surface area contributed by atoms with Crippen LogP contribution in [0.15, 0.2) is 24.7 Å². The Balaban J connectivity index is 2.14. The summed E-state index contributed by atoms with van der Waals surface area (Å²) < 4.78 is 0. The number of rotatable bonds is 2. The molecule has 0 bridgehead atoms. The number of nitrogens with zero attached hydrogens (tertiary/aromatic N) is 3. The van der Waals surface area contributed by atoms with Crippen LogP contribution in [0.5, 0.6) is 0 Å². The minimum Gasteiger partial charge on any atom is -0.389 e. The van der Waals surface area contributed by atoms with Crippen molar-refractivity contribution in [3.63, 3.8) is 0 Å². The Hall–Kier alpha value is -1.68. The number of fused-ring (bicyclic) bond motifs is 1. The molecule has 4 nitrogen and oxygen atoms in total. The third-order valence-corrected chi connectivity index (χ3v) is 3.48. The second kappa shape index (κ2) is 4.21. The topological polar surface area (TPSA) is 49.2 Å². The number of β-amino-alcohol motifs (C(OH)–C–C–N with tert-alkyl or cyclic N) is 1. The summed E-state index contributed by atoms with van der Waals surface area (Å²) in [5, 5.41) is 11.7. The first-order valence-corrected chi connectivity index (χ1v) is 6.32. The first-order valence-electron chi connectivity index (χ1n) is 6.32. The third-order valence-electron chi connectivity index (χ3n) is 3.48. The summed E-state index contributed by atoms with van der Waals surface area (Å²) in [6, 6.07) is 2.05. The van der Waals surface area contributed by atoms with Crippen molar-refractivity contribution in [2.75, 3.05) is 18.0 Å². The molecule has 1 N–H and O–H groups in total. The molecule has 0 spiro atoms. The van der Waals surface area contributed by atoms with Crippen LogP contribution in [0.4, 0.5) is 5.82 Å². The number of pyridine rings is 2. The van der Waals surface area contributed by atoms with Gasteiger partial charge in [0, 0.05) is 37.1 Å². The standard InChI is InChI=1S/C14H17N3O/c1-9(2)12-6-16-14(17-7-10(18)8-17)13-5-15-4-3-11(12)13/h3-6,9-10,18H,7-8H2,1-2H3. The van der Waals surface area contributed by atoms with E-state index >= 15 is 0 Å². The molecule has 0 unspecified atom stereocenters. The third kappa shape index (κ3) is 1.73. The van der Waals surface area contributed by atoms with Gasteiger partial charge in [0.05, 0.1) is 6.10 Å². The molecule has 4 heteroatoms. The van der Waals surface area contributed by atoms with E-state index in [1.807, 2.05) is 24.7 Å². The van der Waals surface area contributed by atoms with E-state index in [-0.39, 0.29) is 6.10 Å². The largest absolute Gasteiger partial charge is 0.389 e. The fourth-order valence-corrected chi connectivity index (χ4v) is 2.43. The summed E-state index contributed by atoms with van der Waals surface area (Å²) in [5.74, 6) is 1.38. The average Bonchev–Trinajstić information content (AvgIpc) is 2.33. The molecule has 2 aromatic rings. The fraction of sp³-hybridized carbons (Fsp3) is 0.429. The molecule has 0 aromatic carbocycles.